The van der Waals surface area contributed by atoms with Crippen LogP contribution in [0.1, 0.15) is 23.2 Å². The number of hydrogen-bond donors (Lipinski definition) is 1. The predicted molar refractivity (Wildman–Crippen MR) is 121 cm³/mol. The number of benzene rings is 1. The molecular weight excluding hydrogens is 388 g/mol. The van der Waals surface area contributed by atoms with Crippen LogP contribution in [0.5, 0.6) is 0 Å². The van der Waals surface area contributed by atoms with Gasteiger partial charge in [-0.15, -0.1) is 0 Å². The third kappa shape index (κ3) is 4.33. The van der Waals surface area contributed by atoms with Crippen molar-refractivity contribution < 1.29 is 4.42 Å². The van der Waals surface area contributed by atoms with Crippen molar-refractivity contribution >= 4 is 28.6 Å². The third-order valence-electron chi connectivity index (χ3n) is 4.73. The molecule has 0 amide bonds. The molecule has 0 saturated carbocycles. The normalized spacial score (nSPS) is 12.1. The summed E-state index contributed by atoms with van der Waals surface area (Å²) in [5, 5.41) is 9.52. The van der Waals surface area contributed by atoms with E-state index in [-0.39, 0.29) is 0 Å². The van der Waals surface area contributed by atoms with Gasteiger partial charge in [0, 0.05) is 23.7 Å². The Balaban J connectivity index is 1.87. The molecule has 31 heavy (non-hydrogen) atoms. The number of nitrogens with two attached hydrogens (primary N) is 1. The van der Waals surface area contributed by atoms with Crippen LogP contribution in [0.2, 0.25) is 0 Å². The van der Waals surface area contributed by atoms with Gasteiger partial charge >= 0.3 is 0 Å². The number of nitriles is 1. The minimum Gasteiger partial charge on any atom is -0.436 e. The molecule has 4 aromatic rings. The molecule has 0 aliphatic heterocycles. The zero-order valence-corrected chi connectivity index (χ0v) is 17.0. The lowest BCUT2D eigenvalue weighted by Crippen LogP contribution is -2.05. The van der Waals surface area contributed by atoms with Crippen molar-refractivity contribution in [3.8, 4) is 17.5 Å². The van der Waals surface area contributed by atoms with Crippen molar-refractivity contribution in [2.45, 2.75) is 13.3 Å². The van der Waals surface area contributed by atoms with Crippen LogP contribution in [0, 0.1) is 18.3 Å². The highest BCUT2D eigenvalue weighted by molar-refractivity contribution is 6.21. The van der Waals surface area contributed by atoms with E-state index in [1.54, 1.807) is 12.4 Å². The Kier molecular flexibility index (Phi) is 5.81. The summed E-state index contributed by atoms with van der Waals surface area (Å²) in [5.74, 6) is 0.590. The van der Waals surface area contributed by atoms with Crippen LogP contribution in [0.4, 0.5) is 0 Å². The number of furan rings is 1. The summed E-state index contributed by atoms with van der Waals surface area (Å²) in [6, 6.07) is 17.5. The van der Waals surface area contributed by atoms with E-state index in [1.807, 2.05) is 55.5 Å². The van der Waals surface area contributed by atoms with E-state index in [0.29, 0.717) is 52.5 Å². The van der Waals surface area contributed by atoms with Gasteiger partial charge in [-0.2, -0.15) is 5.26 Å². The van der Waals surface area contributed by atoms with Crippen LogP contribution in [-0.4, -0.2) is 27.7 Å². The Morgan fingerprint density at radius 3 is 2.74 bits per heavy atom. The minimum absolute atomic E-state index is 0.322. The van der Waals surface area contributed by atoms with Crippen molar-refractivity contribution in [3.63, 3.8) is 0 Å². The Hall–Kier alpha value is -4.31. The lowest BCUT2D eigenvalue weighted by molar-refractivity contribution is 0.615. The maximum atomic E-state index is 8.81. The smallest absolute Gasteiger partial charge is 0.230 e. The number of aryl methyl sites for hydroxylation is 1. The largest absolute Gasteiger partial charge is 0.436 e. The summed E-state index contributed by atoms with van der Waals surface area (Å²) in [6.45, 7) is 2.40. The van der Waals surface area contributed by atoms with Crippen molar-refractivity contribution in [1.82, 2.24) is 15.0 Å². The summed E-state index contributed by atoms with van der Waals surface area (Å²) in [7, 11) is 0. The number of hydrogen-bond acceptors (Lipinski definition) is 7. The van der Waals surface area contributed by atoms with Gasteiger partial charge in [0.25, 0.3) is 0 Å². The summed E-state index contributed by atoms with van der Waals surface area (Å²) in [5.41, 5.74) is 11.5. The predicted octanol–water partition coefficient (Wildman–Crippen LogP) is 4.40. The van der Waals surface area contributed by atoms with Gasteiger partial charge in [0.2, 0.25) is 5.71 Å². The van der Waals surface area contributed by atoms with Crippen molar-refractivity contribution in [2.75, 3.05) is 6.54 Å². The molecule has 3 aromatic heterocycles. The topological polar surface area (TPSA) is 114 Å². The molecule has 0 unspecified atom stereocenters. The van der Waals surface area contributed by atoms with E-state index in [1.165, 1.54) is 6.33 Å². The second-order valence-corrected chi connectivity index (χ2v) is 6.90. The zero-order chi connectivity index (χ0) is 21.6. The Morgan fingerprint density at radius 2 is 2.00 bits per heavy atom. The molecule has 152 valence electrons. The van der Waals surface area contributed by atoms with E-state index in [4.69, 9.17) is 15.4 Å². The number of rotatable bonds is 6. The van der Waals surface area contributed by atoms with Crippen LogP contribution in [0.25, 0.3) is 33.8 Å². The van der Waals surface area contributed by atoms with Crippen LogP contribution in [0.15, 0.2) is 70.5 Å². The second-order valence-electron chi connectivity index (χ2n) is 6.90. The lowest BCUT2D eigenvalue weighted by Gasteiger charge is -2.09. The minimum atomic E-state index is 0.322. The van der Waals surface area contributed by atoms with Gasteiger partial charge in [0.05, 0.1) is 30.1 Å². The molecular formula is C24H20N6O. The molecule has 0 radical (unpaired) electrons. The fourth-order valence-electron chi connectivity index (χ4n) is 3.12. The van der Waals surface area contributed by atoms with E-state index in [9.17, 15) is 0 Å². The maximum Gasteiger partial charge on any atom is 0.230 e. The summed E-state index contributed by atoms with van der Waals surface area (Å²) >= 11 is 0. The molecule has 0 spiro atoms. The van der Waals surface area contributed by atoms with Crippen molar-refractivity contribution in [2.24, 2.45) is 10.7 Å². The molecule has 1 aromatic carbocycles. The molecule has 2 N–H and O–H groups in total. The first-order valence-electron chi connectivity index (χ1n) is 9.77. The van der Waals surface area contributed by atoms with Gasteiger partial charge in [-0.3, -0.25) is 9.98 Å². The van der Waals surface area contributed by atoms with E-state index in [0.717, 1.165) is 11.1 Å². The van der Waals surface area contributed by atoms with Gasteiger partial charge in [-0.25, -0.2) is 9.97 Å². The first kappa shape index (κ1) is 20.0. The number of aromatic nitrogens is 3. The van der Waals surface area contributed by atoms with Gasteiger partial charge in [-0.05, 0) is 30.7 Å². The standard InChI is InChI=1S/C24H20N6O/c1-16-6-8-17(9-7-16)22(26)19(14-27-11-4-10-25)23-18-13-21(20-5-2-3-12-28-20)31-24(18)30-15-29-23/h2-3,5-9,12-15H,4,11,26H2,1H3/b22-19+,27-14?. The van der Waals surface area contributed by atoms with Gasteiger partial charge < -0.3 is 10.2 Å². The third-order valence-corrected chi connectivity index (χ3v) is 4.73. The number of allylic oxidation sites excluding steroid dienone is 1. The number of pyridine rings is 1. The second kappa shape index (κ2) is 9.01. The quantitative estimate of drug-likeness (QED) is 0.373. The number of aliphatic imine (C=N–C) groups is 1. The Morgan fingerprint density at radius 1 is 1.16 bits per heavy atom. The molecule has 3 heterocycles. The van der Waals surface area contributed by atoms with E-state index >= 15 is 0 Å². The molecule has 0 bridgehead atoms. The van der Waals surface area contributed by atoms with Gasteiger partial charge in [0.15, 0.2) is 5.76 Å². The highest BCUT2D eigenvalue weighted by atomic mass is 16.3. The van der Waals surface area contributed by atoms with Crippen LogP contribution < -0.4 is 5.73 Å². The number of fused-ring (bicyclic) bond motifs is 1. The monoisotopic (exact) mass is 408 g/mol. The Labute approximate surface area is 179 Å². The maximum absolute atomic E-state index is 8.81. The molecule has 0 atom stereocenters. The fraction of sp³-hybridized carbons (Fsp3) is 0.125. The molecule has 7 heteroatoms. The first-order valence-corrected chi connectivity index (χ1v) is 9.77. The highest BCUT2D eigenvalue weighted by Gasteiger charge is 2.17. The average Bonchev–Trinajstić information content (AvgIpc) is 3.25. The van der Waals surface area contributed by atoms with Crippen LogP contribution >= 0.6 is 0 Å². The van der Waals surface area contributed by atoms with Gasteiger partial charge in [-0.1, -0.05) is 35.9 Å². The first-order chi connectivity index (χ1) is 15.2. The Bertz CT molecular complexity index is 1300. The molecule has 0 saturated heterocycles. The number of nitrogens with zero attached hydrogens (tertiary/aromatic N) is 5. The van der Waals surface area contributed by atoms with E-state index < -0.39 is 0 Å². The summed E-state index contributed by atoms with van der Waals surface area (Å²) < 4.78 is 5.92. The fourth-order valence-corrected chi connectivity index (χ4v) is 3.12. The highest BCUT2D eigenvalue weighted by Crippen LogP contribution is 2.31. The molecule has 0 aliphatic rings. The van der Waals surface area contributed by atoms with Crippen molar-refractivity contribution in [1.29, 1.82) is 5.26 Å². The molecule has 4 rings (SSSR count). The SMILES string of the molecule is Cc1ccc(/C(N)=C(/C=NCCC#N)c2ncnc3oc(-c4ccccn4)cc23)cc1. The average molecular weight is 408 g/mol. The lowest BCUT2D eigenvalue weighted by atomic mass is 10.0. The van der Waals surface area contributed by atoms with E-state index in [2.05, 4.69) is 26.0 Å². The van der Waals surface area contributed by atoms with Crippen LogP contribution in [-0.2, 0) is 0 Å². The summed E-state index contributed by atoms with van der Waals surface area (Å²) in [4.78, 5) is 17.5. The van der Waals surface area contributed by atoms with Gasteiger partial charge in [0.1, 0.15) is 12.0 Å². The zero-order valence-electron chi connectivity index (χ0n) is 17.0. The van der Waals surface area contributed by atoms with Crippen molar-refractivity contribution in [3.05, 3.63) is 77.9 Å². The van der Waals surface area contributed by atoms with Crippen LogP contribution in [0.3, 0.4) is 0 Å². The molecule has 0 fully saturated rings. The molecule has 7 nitrogen and oxygen atoms in total. The summed E-state index contributed by atoms with van der Waals surface area (Å²) in [6.07, 6.45) is 5.14. The molecule has 0 aliphatic carbocycles.